The topological polar surface area (TPSA) is 55.6 Å². The third kappa shape index (κ3) is 2.89. The zero-order chi connectivity index (χ0) is 16.5. The molecule has 0 atom stereocenters. The molecule has 124 valence electrons. The molecule has 1 amide bonds. The van der Waals surface area contributed by atoms with Crippen LogP contribution in [-0.2, 0) is 11.3 Å². The predicted molar refractivity (Wildman–Crippen MR) is 93.4 cm³/mol. The van der Waals surface area contributed by atoms with Crippen molar-refractivity contribution in [2.45, 2.75) is 26.3 Å². The first-order valence-electron chi connectivity index (χ1n) is 8.12. The smallest absolute Gasteiger partial charge is 0.232 e. The molecule has 0 bridgehead atoms. The molecule has 0 radical (unpaired) electrons. The average Bonchev–Trinajstić information content (AvgIpc) is 3.13. The fourth-order valence-electron chi connectivity index (χ4n) is 2.65. The number of amides is 1. The first-order valence-corrected chi connectivity index (χ1v) is 8.94. The predicted octanol–water partition coefficient (Wildman–Crippen LogP) is 4.23. The number of carbonyl (C=O) groups excluding carboxylic acids is 1. The Morgan fingerprint density at radius 1 is 1.38 bits per heavy atom. The normalized spacial score (nSPS) is 14.0. The molecular weight excluding hydrogens is 324 g/mol. The van der Waals surface area contributed by atoms with Crippen LogP contribution < -0.4 is 9.64 Å². The summed E-state index contributed by atoms with van der Waals surface area (Å²) >= 11 is 1.51. The maximum absolute atomic E-state index is 12.7. The molecule has 24 heavy (non-hydrogen) atoms. The van der Waals surface area contributed by atoms with E-state index in [1.807, 2.05) is 37.3 Å². The number of benzene rings is 1. The van der Waals surface area contributed by atoms with Gasteiger partial charge in [0.1, 0.15) is 17.0 Å². The minimum atomic E-state index is 0.123. The largest absolute Gasteiger partial charge is 0.492 e. The van der Waals surface area contributed by atoms with Gasteiger partial charge < -0.3 is 9.15 Å². The lowest BCUT2D eigenvalue weighted by molar-refractivity contribution is -0.120. The van der Waals surface area contributed by atoms with Gasteiger partial charge in [-0.1, -0.05) is 17.4 Å². The number of ether oxygens (including phenoxy) is 1. The summed E-state index contributed by atoms with van der Waals surface area (Å²) in [6, 6.07) is 9.59. The van der Waals surface area contributed by atoms with Crippen molar-refractivity contribution in [3.05, 3.63) is 42.4 Å². The number of thiazole rings is 1. The monoisotopic (exact) mass is 342 g/mol. The Labute approximate surface area is 143 Å². The fourth-order valence-corrected chi connectivity index (χ4v) is 3.64. The van der Waals surface area contributed by atoms with Crippen molar-refractivity contribution in [3.8, 4) is 5.75 Å². The van der Waals surface area contributed by atoms with Gasteiger partial charge in [-0.2, -0.15) is 0 Å². The van der Waals surface area contributed by atoms with E-state index >= 15 is 0 Å². The minimum Gasteiger partial charge on any atom is -0.492 e. The third-order valence-electron chi connectivity index (χ3n) is 3.99. The highest BCUT2D eigenvalue weighted by Gasteiger charge is 2.35. The summed E-state index contributed by atoms with van der Waals surface area (Å²) in [5.74, 6) is 1.77. The Kier molecular flexibility index (Phi) is 3.98. The average molecular weight is 342 g/mol. The van der Waals surface area contributed by atoms with Gasteiger partial charge in [0.25, 0.3) is 0 Å². The maximum Gasteiger partial charge on any atom is 0.232 e. The van der Waals surface area contributed by atoms with Gasteiger partial charge in [-0.25, -0.2) is 4.98 Å². The highest BCUT2D eigenvalue weighted by Crippen LogP contribution is 2.38. The summed E-state index contributed by atoms with van der Waals surface area (Å²) in [4.78, 5) is 19.2. The molecular formula is C18H18N2O3S. The molecule has 0 saturated heterocycles. The molecule has 0 unspecified atom stereocenters. The van der Waals surface area contributed by atoms with Crippen LogP contribution in [0.25, 0.3) is 10.2 Å². The van der Waals surface area contributed by atoms with E-state index in [0.717, 1.165) is 34.6 Å². The zero-order valence-electron chi connectivity index (χ0n) is 13.4. The second-order valence-electron chi connectivity index (χ2n) is 5.81. The summed E-state index contributed by atoms with van der Waals surface area (Å²) in [5.41, 5.74) is 0.812. The van der Waals surface area contributed by atoms with Crippen LogP contribution in [-0.4, -0.2) is 17.5 Å². The minimum absolute atomic E-state index is 0.123. The molecule has 1 aliphatic rings. The number of anilines is 1. The van der Waals surface area contributed by atoms with E-state index in [0.29, 0.717) is 18.3 Å². The van der Waals surface area contributed by atoms with Crippen molar-refractivity contribution >= 4 is 32.6 Å². The van der Waals surface area contributed by atoms with Gasteiger partial charge in [0.2, 0.25) is 5.91 Å². The Morgan fingerprint density at radius 3 is 2.96 bits per heavy atom. The molecule has 3 aromatic rings. The number of carbonyl (C=O) groups is 1. The van der Waals surface area contributed by atoms with Gasteiger partial charge in [0.15, 0.2) is 5.13 Å². The lowest BCUT2D eigenvalue weighted by Crippen LogP contribution is -2.31. The van der Waals surface area contributed by atoms with E-state index in [9.17, 15) is 4.79 Å². The number of rotatable bonds is 6. The van der Waals surface area contributed by atoms with E-state index < -0.39 is 0 Å². The lowest BCUT2D eigenvalue weighted by Gasteiger charge is -2.18. The van der Waals surface area contributed by atoms with Crippen LogP contribution >= 0.6 is 11.3 Å². The molecule has 0 N–H and O–H groups in total. The first kappa shape index (κ1) is 15.2. The molecule has 1 saturated carbocycles. The van der Waals surface area contributed by atoms with Crippen molar-refractivity contribution in [2.75, 3.05) is 11.5 Å². The molecule has 2 heterocycles. The number of hydrogen-bond acceptors (Lipinski definition) is 5. The fraction of sp³-hybridized carbons (Fsp3) is 0.333. The molecule has 2 aromatic heterocycles. The van der Waals surface area contributed by atoms with Crippen molar-refractivity contribution in [2.24, 2.45) is 5.92 Å². The summed E-state index contributed by atoms with van der Waals surface area (Å²) in [7, 11) is 0. The Balaban J connectivity index is 1.72. The van der Waals surface area contributed by atoms with Crippen molar-refractivity contribution in [1.82, 2.24) is 4.98 Å². The van der Waals surface area contributed by atoms with E-state index in [1.54, 1.807) is 11.2 Å². The number of furan rings is 1. The van der Waals surface area contributed by atoms with Gasteiger partial charge in [-0.3, -0.25) is 9.69 Å². The summed E-state index contributed by atoms with van der Waals surface area (Å²) < 4.78 is 12.1. The molecule has 5 nitrogen and oxygen atoms in total. The Hall–Kier alpha value is -2.34. The summed E-state index contributed by atoms with van der Waals surface area (Å²) in [6.45, 7) is 2.95. The van der Waals surface area contributed by atoms with Gasteiger partial charge in [-0.05, 0) is 44.0 Å². The van der Waals surface area contributed by atoms with Crippen LogP contribution in [0.5, 0.6) is 5.75 Å². The second kappa shape index (κ2) is 6.28. The van der Waals surface area contributed by atoms with Gasteiger partial charge in [0, 0.05) is 5.92 Å². The molecule has 1 aliphatic carbocycles. The van der Waals surface area contributed by atoms with Crippen molar-refractivity contribution in [3.63, 3.8) is 0 Å². The van der Waals surface area contributed by atoms with E-state index in [2.05, 4.69) is 0 Å². The van der Waals surface area contributed by atoms with Crippen molar-refractivity contribution in [1.29, 1.82) is 0 Å². The molecule has 4 rings (SSSR count). The zero-order valence-corrected chi connectivity index (χ0v) is 14.2. The highest BCUT2D eigenvalue weighted by molar-refractivity contribution is 7.22. The molecule has 0 spiro atoms. The number of para-hydroxylation sites is 1. The summed E-state index contributed by atoms with van der Waals surface area (Å²) in [6.07, 6.45) is 3.55. The Morgan fingerprint density at radius 2 is 2.25 bits per heavy atom. The van der Waals surface area contributed by atoms with Gasteiger partial charge >= 0.3 is 0 Å². The van der Waals surface area contributed by atoms with Crippen LogP contribution in [0.4, 0.5) is 5.13 Å². The second-order valence-corrected chi connectivity index (χ2v) is 6.82. The molecule has 1 aromatic carbocycles. The molecule has 0 aliphatic heterocycles. The standard InChI is InChI=1S/C18H18N2O3S/c1-2-22-14-6-3-7-15-16(14)19-18(24-15)20(17(21)12-8-9-12)11-13-5-4-10-23-13/h3-7,10,12H,2,8-9,11H2,1H3. The van der Waals surface area contributed by atoms with Crippen LogP contribution in [0, 0.1) is 5.92 Å². The van der Waals surface area contributed by atoms with Crippen LogP contribution in [0.15, 0.2) is 41.0 Å². The van der Waals surface area contributed by atoms with Crippen LogP contribution in [0.2, 0.25) is 0 Å². The number of hydrogen-bond donors (Lipinski definition) is 0. The number of nitrogens with zero attached hydrogens (tertiary/aromatic N) is 2. The third-order valence-corrected chi connectivity index (χ3v) is 5.03. The van der Waals surface area contributed by atoms with Crippen LogP contribution in [0.1, 0.15) is 25.5 Å². The van der Waals surface area contributed by atoms with Gasteiger partial charge in [0.05, 0.1) is 24.1 Å². The lowest BCUT2D eigenvalue weighted by atomic mass is 10.3. The molecule has 1 fully saturated rings. The number of aromatic nitrogens is 1. The van der Waals surface area contributed by atoms with Gasteiger partial charge in [-0.15, -0.1) is 0 Å². The summed E-state index contributed by atoms with van der Waals surface area (Å²) in [5, 5.41) is 0.699. The number of fused-ring (bicyclic) bond motifs is 1. The van der Waals surface area contributed by atoms with E-state index in [1.165, 1.54) is 11.3 Å². The molecule has 6 heteroatoms. The van der Waals surface area contributed by atoms with Crippen molar-refractivity contribution < 1.29 is 13.9 Å². The quantitative estimate of drug-likeness (QED) is 0.672. The first-order chi connectivity index (χ1) is 11.8. The van der Waals surface area contributed by atoms with Crippen LogP contribution in [0.3, 0.4) is 0 Å². The Bertz CT molecular complexity index is 852. The maximum atomic E-state index is 12.7. The van der Waals surface area contributed by atoms with E-state index in [-0.39, 0.29) is 11.8 Å². The van der Waals surface area contributed by atoms with E-state index in [4.69, 9.17) is 14.1 Å². The highest BCUT2D eigenvalue weighted by atomic mass is 32.1. The SMILES string of the molecule is CCOc1cccc2sc(N(Cc3ccco3)C(=O)C3CC3)nc12.